The number of rotatable bonds is 10. The van der Waals surface area contributed by atoms with Crippen LogP contribution in [0.25, 0.3) is 0 Å². The van der Waals surface area contributed by atoms with Gasteiger partial charge in [0.2, 0.25) is 0 Å². The summed E-state index contributed by atoms with van der Waals surface area (Å²) in [7, 11) is 0. The Labute approximate surface area is 161 Å². The van der Waals surface area contributed by atoms with Gasteiger partial charge in [-0.3, -0.25) is 4.79 Å². The third-order valence-electron chi connectivity index (χ3n) is 4.84. The van der Waals surface area contributed by atoms with Crippen LogP contribution in [0.5, 0.6) is 0 Å². The van der Waals surface area contributed by atoms with Crippen LogP contribution in [0.4, 0.5) is 0 Å². The first-order valence-corrected chi connectivity index (χ1v) is 9.79. The summed E-state index contributed by atoms with van der Waals surface area (Å²) in [6, 6.07) is 9.91. The molecule has 0 aliphatic carbocycles. The Hall–Kier alpha value is -2.14. The van der Waals surface area contributed by atoms with Crippen LogP contribution in [-0.2, 0) is 30.4 Å². The number of hydrogen-bond acceptors (Lipinski definition) is 5. The fourth-order valence-electron chi connectivity index (χ4n) is 3.48. The molecular weight excluding hydrogens is 344 g/mol. The minimum Gasteiger partial charge on any atom is -0.463 e. The highest BCUT2D eigenvalue weighted by molar-refractivity contribution is 5.92. The van der Waals surface area contributed by atoms with Gasteiger partial charge in [0.25, 0.3) is 0 Å². The van der Waals surface area contributed by atoms with E-state index in [1.54, 1.807) is 13.8 Å². The van der Waals surface area contributed by atoms with Crippen molar-refractivity contribution in [3.05, 3.63) is 47.2 Å². The van der Waals surface area contributed by atoms with Crippen LogP contribution in [0.3, 0.4) is 0 Å². The molecule has 0 saturated heterocycles. The molecule has 1 aromatic carbocycles. The van der Waals surface area contributed by atoms with Crippen molar-refractivity contribution < 1.29 is 23.8 Å². The lowest BCUT2D eigenvalue weighted by atomic mass is 9.78. The molecule has 1 aromatic rings. The summed E-state index contributed by atoms with van der Waals surface area (Å²) in [6.45, 7) is 6.78. The van der Waals surface area contributed by atoms with Crippen molar-refractivity contribution in [3.63, 3.8) is 0 Å². The van der Waals surface area contributed by atoms with Crippen molar-refractivity contribution >= 4 is 11.9 Å². The molecule has 1 aliphatic rings. The molecule has 148 valence electrons. The van der Waals surface area contributed by atoms with Crippen LogP contribution >= 0.6 is 0 Å². The molecule has 1 aliphatic heterocycles. The van der Waals surface area contributed by atoms with Crippen LogP contribution < -0.4 is 0 Å². The number of carbonyl (C=O) groups excluding carboxylic acids is 2. The lowest BCUT2D eigenvalue weighted by molar-refractivity contribution is -0.151. The zero-order valence-corrected chi connectivity index (χ0v) is 16.5. The number of carbonyl (C=O) groups is 2. The molecule has 0 unspecified atom stereocenters. The molecule has 0 aromatic heterocycles. The minimum atomic E-state index is -0.379. The molecule has 1 heterocycles. The zero-order valence-electron chi connectivity index (χ0n) is 16.5. The van der Waals surface area contributed by atoms with E-state index in [1.165, 1.54) is 0 Å². The lowest BCUT2D eigenvalue weighted by Gasteiger charge is -2.32. The summed E-state index contributed by atoms with van der Waals surface area (Å²) < 4.78 is 16.4. The number of cyclic esters (lactones) is 1. The Bertz CT molecular complexity index is 650. The Balaban J connectivity index is 2.05. The van der Waals surface area contributed by atoms with Gasteiger partial charge in [0, 0.05) is 12.5 Å². The Morgan fingerprint density at radius 2 is 1.85 bits per heavy atom. The highest BCUT2D eigenvalue weighted by Crippen LogP contribution is 2.37. The molecule has 2 rings (SSSR count). The highest BCUT2D eigenvalue weighted by atomic mass is 16.6. The zero-order chi connectivity index (χ0) is 19.6. The fourth-order valence-corrected chi connectivity index (χ4v) is 3.48. The molecule has 0 N–H and O–H groups in total. The van der Waals surface area contributed by atoms with E-state index in [2.05, 4.69) is 6.92 Å². The quantitative estimate of drug-likeness (QED) is 0.448. The van der Waals surface area contributed by atoms with Gasteiger partial charge >= 0.3 is 11.9 Å². The largest absolute Gasteiger partial charge is 0.463 e. The Morgan fingerprint density at radius 1 is 1.11 bits per heavy atom. The van der Waals surface area contributed by atoms with Crippen molar-refractivity contribution in [2.45, 2.75) is 53.1 Å². The van der Waals surface area contributed by atoms with E-state index in [0.29, 0.717) is 37.6 Å². The lowest BCUT2D eigenvalue weighted by Crippen LogP contribution is -2.36. The molecule has 0 fully saturated rings. The first-order chi connectivity index (χ1) is 13.1. The average molecular weight is 374 g/mol. The van der Waals surface area contributed by atoms with Gasteiger partial charge in [-0.15, -0.1) is 0 Å². The monoisotopic (exact) mass is 374 g/mol. The van der Waals surface area contributed by atoms with Gasteiger partial charge < -0.3 is 14.2 Å². The van der Waals surface area contributed by atoms with Crippen molar-refractivity contribution in [2.75, 3.05) is 13.2 Å². The average Bonchev–Trinajstić information content (AvgIpc) is 2.65. The fraction of sp³-hybridized carbons (Fsp3) is 0.545. The molecular formula is C22H30O5. The van der Waals surface area contributed by atoms with Gasteiger partial charge in [-0.05, 0) is 32.3 Å². The second-order valence-corrected chi connectivity index (χ2v) is 6.79. The minimum absolute atomic E-state index is 0.175. The van der Waals surface area contributed by atoms with E-state index in [9.17, 15) is 9.59 Å². The molecule has 0 spiro atoms. The SMILES string of the molecule is CCCC[C@H]1C(C(=O)OCC)=C(C)OC(=O)[C@@H]1CCOCc1ccccc1. The van der Waals surface area contributed by atoms with Crippen LogP contribution in [0.2, 0.25) is 0 Å². The van der Waals surface area contributed by atoms with Gasteiger partial charge in [-0.2, -0.15) is 0 Å². The van der Waals surface area contributed by atoms with Crippen LogP contribution in [-0.4, -0.2) is 25.2 Å². The predicted molar refractivity (Wildman–Crippen MR) is 103 cm³/mol. The maximum atomic E-state index is 12.5. The van der Waals surface area contributed by atoms with Crippen LogP contribution in [0.15, 0.2) is 41.7 Å². The standard InChI is InChI=1S/C22H30O5/c1-4-6-12-18-19(13-14-25-15-17-10-8-7-9-11-17)21(23)27-16(3)20(18)22(24)26-5-2/h7-11,18-19H,4-6,12-15H2,1-3H3/t18-,19-/m1/s1. The first kappa shape index (κ1) is 21.2. The summed E-state index contributed by atoms with van der Waals surface area (Å²) in [4.78, 5) is 25.0. The van der Waals surface area contributed by atoms with Gasteiger partial charge in [-0.25, -0.2) is 4.79 Å². The number of esters is 2. The second-order valence-electron chi connectivity index (χ2n) is 6.79. The van der Waals surface area contributed by atoms with E-state index in [1.807, 2.05) is 30.3 Å². The number of benzene rings is 1. The topological polar surface area (TPSA) is 61.8 Å². The molecule has 0 radical (unpaired) electrons. The normalized spacial score (nSPS) is 19.7. The number of unbranched alkanes of at least 4 members (excludes halogenated alkanes) is 1. The molecule has 2 atom stereocenters. The third-order valence-corrected chi connectivity index (χ3v) is 4.84. The molecule has 0 saturated carbocycles. The summed E-state index contributed by atoms with van der Waals surface area (Å²) in [6.07, 6.45) is 3.23. The summed E-state index contributed by atoms with van der Waals surface area (Å²) in [5.41, 5.74) is 1.60. The van der Waals surface area contributed by atoms with E-state index < -0.39 is 0 Å². The maximum absolute atomic E-state index is 12.5. The summed E-state index contributed by atoms with van der Waals surface area (Å²) in [5, 5.41) is 0. The highest BCUT2D eigenvalue weighted by Gasteiger charge is 2.41. The number of ether oxygens (including phenoxy) is 3. The second kappa shape index (κ2) is 10.9. The van der Waals surface area contributed by atoms with Crippen molar-refractivity contribution in [2.24, 2.45) is 11.8 Å². The van der Waals surface area contributed by atoms with Gasteiger partial charge in [0.05, 0.1) is 24.7 Å². The predicted octanol–water partition coefficient (Wildman–Crippen LogP) is 4.41. The summed E-state index contributed by atoms with van der Waals surface area (Å²) in [5.74, 6) is -0.828. The summed E-state index contributed by atoms with van der Waals surface area (Å²) >= 11 is 0. The van der Waals surface area contributed by atoms with Gasteiger partial charge in [0.1, 0.15) is 5.76 Å². The van der Waals surface area contributed by atoms with Crippen LogP contribution in [0.1, 0.15) is 52.0 Å². The van der Waals surface area contributed by atoms with Gasteiger partial charge in [0.15, 0.2) is 0 Å². The Morgan fingerprint density at radius 3 is 2.52 bits per heavy atom. The number of allylic oxidation sites excluding steroid dienone is 1. The molecule has 0 bridgehead atoms. The van der Waals surface area contributed by atoms with Crippen molar-refractivity contribution in [1.29, 1.82) is 0 Å². The molecule has 5 heteroatoms. The smallest absolute Gasteiger partial charge is 0.337 e. The van der Waals surface area contributed by atoms with E-state index >= 15 is 0 Å². The van der Waals surface area contributed by atoms with Crippen molar-refractivity contribution in [3.8, 4) is 0 Å². The number of hydrogen-bond donors (Lipinski definition) is 0. The maximum Gasteiger partial charge on any atom is 0.337 e. The molecule has 5 nitrogen and oxygen atoms in total. The van der Waals surface area contributed by atoms with E-state index in [4.69, 9.17) is 14.2 Å². The molecule has 0 amide bonds. The van der Waals surface area contributed by atoms with Crippen molar-refractivity contribution in [1.82, 2.24) is 0 Å². The first-order valence-electron chi connectivity index (χ1n) is 9.79. The Kier molecular flexibility index (Phi) is 8.52. The molecule has 27 heavy (non-hydrogen) atoms. The third kappa shape index (κ3) is 5.93. The van der Waals surface area contributed by atoms with E-state index in [-0.39, 0.29) is 23.8 Å². The van der Waals surface area contributed by atoms with Gasteiger partial charge in [-0.1, -0.05) is 50.1 Å². The van der Waals surface area contributed by atoms with E-state index in [0.717, 1.165) is 24.8 Å². The van der Waals surface area contributed by atoms with Crippen LogP contribution in [0, 0.1) is 11.8 Å².